The van der Waals surface area contributed by atoms with Crippen molar-refractivity contribution >= 4 is 40.1 Å². The van der Waals surface area contributed by atoms with Crippen LogP contribution in [0.5, 0.6) is 0 Å². The predicted octanol–water partition coefficient (Wildman–Crippen LogP) is 4.31. The number of benzene rings is 1. The Kier molecular flexibility index (Phi) is 5.58. The maximum absolute atomic E-state index is 12.7. The van der Waals surface area contributed by atoms with E-state index in [1.165, 1.54) is 0 Å². The summed E-state index contributed by atoms with van der Waals surface area (Å²) in [4.78, 5) is 18.9. The van der Waals surface area contributed by atoms with Gasteiger partial charge >= 0.3 is 0 Å². The van der Waals surface area contributed by atoms with E-state index in [0.717, 1.165) is 15.0 Å². The Morgan fingerprint density at radius 3 is 2.76 bits per heavy atom. The fraction of sp³-hybridized carbons (Fsp3) is 0.250. The topological polar surface area (TPSA) is 33.2 Å². The molecule has 0 bridgehead atoms. The smallest absolute Gasteiger partial charge is 0.255 e. The molecule has 0 spiro atoms. The summed E-state index contributed by atoms with van der Waals surface area (Å²) in [6.45, 7) is 5.03. The zero-order valence-corrected chi connectivity index (χ0v) is 14.9. The number of aromatic nitrogens is 1. The van der Waals surface area contributed by atoms with Crippen LogP contribution in [-0.4, -0.2) is 22.3 Å². The first-order valence-electron chi connectivity index (χ1n) is 6.68. The lowest BCUT2D eigenvalue weighted by Gasteiger charge is -2.21. The molecule has 1 heterocycles. The van der Waals surface area contributed by atoms with Gasteiger partial charge in [0.15, 0.2) is 0 Å². The van der Waals surface area contributed by atoms with Crippen molar-refractivity contribution in [2.24, 2.45) is 0 Å². The quantitative estimate of drug-likeness (QED) is 0.699. The number of carbonyl (C=O) groups is 1. The Balaban J connectivity index is 2.24. The van der Waals surface area contributed by atoms with Crippen LogP contribution in [0.2, 0.25) is 5.02 Å². The van der Waals surface area contributed by atoms with E-state index in [-0.39, 0.29) is 5.91 Å². The molecule has 2 rings (SSSR count). The highest BCUT2D eigenvalue weighted by atomic mass is 127. The SMILES string of the molecule is CCN(Cc1cccc(C)n1)C(=O)c1cc(Cl)ccc1I. The Bertz CT molecular complexity index is 660. The molecule has 2 aromatic rings. The predicted molar refractivity (Wildman–Crippen MR) is 93.6 cm³/mol. The highest BCUT2D eigenvalue weighted by Gasteiger charge is 2.18. The zero-order chi connectivity index (χ0) is 15.4. The molecule has 21 heavy (non-hydrogen) atoms. The Labute approximate surface area is 143 Å². The molecular weight excluding hydrogens is 399 g/mol. The number of hydrogen-bond acceptors (Lipinski definition) is 2. The molecule has 1 aromatic heterocycles. The Morgan fingerprint density at radius 1 is 1.33 bits per heavy atom. The lowest BCUT2D eigenvalue weighted by Crippen LogP contribution is -2.31. The molecule has 1 aromatic carbocycles. The summed E-state index contributed by atoms with van der Waals surface area (Å²) < 4.78 is 0.901. The number of nitrogens with zero attached hydrogens (tertiary/aromatic N) is 2. The standard InChI is InChI=1S/C16H16ClIN2O/c1-3-20(10-13-6-4-5-11(2)19-13)16(21)14-9-12(17)7-8-15(14)18/h4-9H,3,10H2,1-2H3. The average molecular weight is 415 g/mol. The van der Waals surface area contributed by atoms with Gasteiger partial charge in [-0.3, -0.25) is 9.78 Å². The van der Waals surface area contributed by atoms with Crippen molar-refractivity contribution in [2.75, 3.05) is 6.54 Å². The molecular formula is C16H16ClIN2O. The fourth-order valence-corrected chi connectivity index (χ4v) is 2.78. The zero-order valence-electron chi connectivity index (χ0n) is 11.9. The van der Waals surface area contributed by atoms with Crippen molar-refractivity contribution in [3.63, 3.8) is 0 Å². The average Bonchev–Trinajstić information content (AvgIpc) is 2.46. The molecule has 0 saturated heterocycles. The summed E-state index contributed by atoms with van der Waals surface area (Å²) in [6.07, 6.45) is 0. The molecule has 0 atom stereocenters. The lowest BCUT2D eigenvalue weighted by atomic mass is 10.2. The summed E-state index contributed by atoms with van der Waals surface area (Å²) in [5.74, 6) is -0.0206. The molecule has 0 fully saturated rings. The molecule has 5 heteroatoms. The maximum atomic E-state index is 12.7. The van der Waals surface area contributed by atoms with Gasteiger partial charge in [-0.25, -0.2) is 0 Å². The number of amides is 1. The van der Waals surface area contributed by atoms with Crippen LogP contribution in [0.3, 0.4) is 0 Å². The van der Waals surface area contributed by atoms with Gasteiger partial charge < -0.3 is 4.90 Å². The number of halogens is 2. The highest BCUT2D eigenvalue weighted by molar-refractivity contribution is 14.1. The molecule has 0 unspecified atom stereocenters. The van der Waals surface area contributed by atoms with Crippen LogP contribution in [-0.2, 0) is 6.54 Å². The summed E-state index contributed by atoms with van der Waals surface area (Å²) >= 11 is 8.16. The first-order chi connectivity index (χ1) is 10.0. The third-order valence-electron chi connectivity index (χ3n) is 3.13. The summed E-state index contributed by atoms with van der Waals surface area (Å²) in [5.41, 5.74) is 2.48. The molecule has 0 aliphatic heterocycles. The molecule has 0 saturated carbocycles. The van der Waals surface area contributed by atoms with Crippen LogP contribution in [0, 0.1) is 10.5 Å². The molecule has 0 radical (unpaired) electrons. The number of pyridine rings is 1. The van der Waals surface area contributed by atoms with E-state index >= 15 is 0 Å². The summed E-state index contributed by atoms with van der Waals surface area (Å²) in [7, 11) is 0. The highest BCUT2D eigenvalue weighted by Crippen LogP contribution is 2.20. The van der Waals surface area contributed by atoms with Gasteiger partial charge in [0.25, 0.3) is 5.91 Å². The number of hydrogen-bond donors (Lipinski definition) is 0. The van der Waals surface area contributed by atoms with Crippen molar-refractivity contribution in [1.82, 2.24) is 9.88 Å². The minimum atomic E-state index is -0.0206. The van der Waals surface area contributed by atoms with Crippen LogP contribution in [0.4, 0.5) is 0 Å². The van der Waals surface area contributed by atoms with Crippen molar-refractivity contribution in [3.05, 3.63) is 61.9 Å². The van der Waals surface area contributed by atoms with Gasteiger partial charge in [-0.05, 0) is 66.8 Å². The van der Waals surface area contributed by atoms with Crippen LogP contribution in [0.25, 0.3) is 0 Å². The van der Waals surface area contributed by atoms with Gasteiger partial charge in [-0.2, -0.15) is 0 Å². The minimum absolute atomic E-state index is 0.0206. The maximum Gasteiger partial charge on any atom is 0.255 e. The van der Waals surface area contributed by atoms with Gasteiger partial charge in [0.05, 0.1) is 17.8 Å². The van der Waals surface area contributed by atoms with Gasteiger partial charge in [0.2, 0.25) is 0 Å². The molecule has 3 nitrogen and oxygen atoms in total. The second kappa shape index (κ2) is 7.22. The summed E-state index contributed by atoms with van der Waals surface area (Å²) in [6, 6.07) is 11.2. The van der Waals surface area contributed by atoms with E-state index in [0.29, 0.717) is 23.7 Å². The van der Waals surface area contributed by atoms with Crippen molar-refractivity contribution in [3.8, 4) is 0 Å². The molecule has 0 aliphatic rings. The molecule has 0 N–H and O–H groups in total. The summed E-state index contributed by atoms with van der Waals surface area (Å²) in [5, 5.41) is 0.573. The van der Waals surface area contributed by atoms with Crippen LogP contribution in [0.15, 0.2) is 36.4 Å². The third kappa shape index (κ3) is 4.17. The van der Waals surface area contributed by atoms with Gasteiger partial charge in [-0.1, -0.05) is 17.7 Å². The number of carbonyl (C=O) groups excluding carboxylic acids is 1. The first-order valence-corrected chi connectivity index (χ1v) is 8.13. The third-order valence-corrected chi connectivity index (χ3v) is 4.30. The van der Waals surface area contributed by atoms with Gasteiger partial charge in [0, 0.05) is 20.8 Å². The van der Waals surface area contributed by atoms with Crippen molar-refractivity contribution < 1.29 is 4.79 Å². The number of rotatable bonds is 4. The van der Waals surface area contributed by atoms with E-state index in [4.69, 9.17) is 11.6 Å². The second-order valence-electron chi connectivity index (χ2n) is 4.71. The molecule has 110 valence electrons. The van der Waals surface area contributed by atoms with Gasteiger partial charge in [-0.15, -0.1) is 0 Å². The van der Waals surface area contributed by atoms with E-state index in [1.807, 2.05) is 38.1 Å². The van der Waals surface area contributed by atoms with E-state index in [9.17, 15) is 4.79 Å². The first kappa shape index (κ1) is 16.2. The second-order valence-corrected chi connectivity index (χ2v) is 6.31. The number of aryl methyl sites for hydroxylation is 1. The largest absolute Gasteiger partial charge is 0.333 e. The Hall–Kier alpha value is -1.14. The van der Waals surface area contributed by atoms with Crippen LogP contribution >= 0.6 is 34.2 Å². The normalized spacial score (nSPS) is 10.5. The van der Waals surface area contributed by atoms with E-state index in [1.54, 1.807) is 17.0 Å². The van der Waals surface area contributed by atoms with E-state index < -0.39 is 0 Å². The van der Waals surface area contributed by atoms with Gasteiger partial charge in [0.1, 0.15) is 0 Å². The monoisotopic (exact) mass is 414 g/mol. The van der Waals surface area contributed by atoms with Crippen LogP contribution < -0.4 is 0 Å². The van der Waals surface area contributed by atoms with Crippen molar-refractivity contribution in [1.29, 1.82) is 0 Å². The molecule has 0 aliphatic carbocycles. The fourth-order valence-electron chi connectivity index (χ4n) is 2.04. The van der Waals surface area contributed by atoms with Crippen molar-refractivity contribution in [2.45, 2.75) is 20.4 Å². The molecule has 1 amide bonds. The van der Waals surface area contributed by atoms with Crippen LogP contribution in [0.1, 0.15) is 28.7 Å². The Morgan fingerprint density at radius 2 is 2.10 bits per heavy atom. The van der Waals surface area contributed by atoms with E-state index in [2.05, 4.69) is 27.6 Å². The minimum Gasteiger partial charge on any atom is -0.333 e. The lowest BCUT2D eigenvalue weighted by molar-refractivity contribution is 0.0749.